The molecule has 2 aliphatic rings. The van der Waals surface area contributed by atoms with E-state index in [1.165, 1.54) is 4.90 Å². The van der Waals surface area contributed by atoms with Crippen molar-refractivity contribution in [3.05, 3.63) is 0 Å². The molecule has 138 valence electrons. The highest BCUT2D eigenvalue weighted by atomic mass is 19.4. The lowest BCUT2D eigenvalue weighted by molar-refractivity contribution is -0.311. The van der Waals surface area contributed by atoms with Gasteiger partial charge in [0.15, 0.2) is 0 Å². The summed E-state index contributed by atoms with van der Waals surface area (Å²) < 4.78 is 61.9. The van der Waals surface area contributed by atoms with E-state index in [-0.39, 0.29) is 19.5 Å². The Labute approximate surface area is 136 Å². The maximum Gasteiger partial charge on any atom is 0.491 e. The number of halogens is 4. The number of amides is 1. The molecular formula is C14H20F4N2O4. The molecule has 0 saturated carbocycles. The molecule has 0 aliphatic carbocycles. The molecule has 0 bridgehead atoms. The van der Waals surface area contributed by atoms with Gasteiger partial charge in [-0.25, -0.2) is 9.18 Å². The van der Waals surface area contributed by atoms with Gasteiger partial charge in [0.2, 0.25) is 0 Å². The van der Waals surface area contributed by atoms with Gasteiger partial charge in [0.05, 0.1) is 6.54 Å². The number of nitrogens with zero attached hydrogens (tertiary/aromatic N) is 1. The van der Waals surface area contributed by atoms with Crippen molar-refractivity contribution >= 4 is 11.9 Å². The summed E-state index contributed by atoms with van der Waals surface area (Å²) >= 11 is 0. The first kappa shape index (κ1) is 18.9. The fourth-order valence-electron chi connectivity index (χ4n) is 2.97. The predicted octanol–water partition coefficient (Wildman–Crippen LogP) is 1.15. The van der Waals surface area contributed by atoms with Gasteiger partial charge in [-0.1, -0.05) is 0 Å². The molecule has 2 fully saturated rings. The molecule has 3 atom stereocenters. The van der Waals surface area contributed by atoms with Gasteiger partial charge in [-0.05, 0) is 26.8 Å². The van der Waals surface area contributed by atoms with Crippen molar-refractivity contribution in [2.24, 2.45) is 0 Å². The third-order valence-electron chi connectivity index (χ3n) is 4.25. The third-order valence-corrected chi connectivity index (χ3v) is 4.25. The van der Waals surface area contributed by atoms with Gasteiger partial charge >= 0.3 is 12.1 Å². The summed E-state index contributed by atoms with van der Waals surface area (Å²) in [5.74, 6) is -6.02. The largest absolute Gasteiger partial charge is 0.491 e. The molecule has 0 radical (unpaired) electrons. The molecule has 2 heterocycles. The molecule has 6 nitrogen and oxygen atoms in total. The van der Waals surface area contributed by atoms with Crippen LogP contribution in [0, 0.1) is 0 Å². The number of hydrogen-bond donors (Lipinski definition) is 1. The van der Waals surface area contributed by atoms with E-state index in [0.29, 0.717) is 6.54 Å². The van der Waals surface area contributed by atoms with Crippen molar-refractivity contribution in [1.82, 2.24) is 10.2 Å². The number of piperidine rings is 1. The Hall–Kier alpha value is -1.42. The summed E-state index contributed by atoms with van der Waals surface area (Å²) in [6.07, 6.45) is -6.73. The first-order chi connectivity index (χ1) is 10.9. The second-order valence-corrected chi connectivity index (χ2v) is 6.45. The van der Waals surface area contributed by atoms with E-state index < -0.39 is 41.7 Å². The molecule has 1 spiro atoms. The number of hydrogen-bond acceptors (Lipinski definition) is 5. The van der Waals surface area contributed by atoms with Gasteiger partial charge in [-0.3, -0.25) is 4.79 Å². The molecule has 1 amide bonds. The number of alkyl halides is 4. The van der Waals surface area contributed by atoms with Crippen LogP contribution >= 0.6 is 0 Å². The Kier molecular flexibility index (Phi) is 4.84. The van der Waals surface area contributed by atoms with E-state index in [2.05, 4.69) is 10.1 Å². The molecule has 2 aliphatic heterocycles. The lowest BCUT2D eigenvalue weighted by Gasteiger charge is -2.52. The Morgan fingerprint density at radius 2 is 2.08 bits per heavy atom. The summed E-state index contributed by atoms with van der Waals surface area (Å²) in [7, 11) is 0. The minimum Gasteiger partial charge on any atom is -0.417 e. The van der Waals surface area contributed by atoms with E-state index in [1.807, 2.05) is 0 Å². The molecule has 0 unspecified atom stereocenters. The minimum absolute atomic E-state index is 0.0660. The standard InChI is InChI=1S/C14H20F4N2O4/c1-8(2)20-7-13(4-5-19-6-9(13)15)24-12(3,10(20)21)23-11(22)14(16,17)18/h8-9,19H,4-7H2,1-3H3/t9-,12-,13+/m0/s1. The van der Waals surface area contributed by atoms with Crippen LogP contribution in [-0.4, -0.2) is 66.2 Å². The highest BCUT2D eigenvalue weighted by Gasteiger charge is 2.60. The summed E-state index contributed by atoms with van der Waals surface area (Å²) in [6, 6.07) is -0.427. The smallest absolute Gasteiger partial charge is 0.417 e. The minimum atomic E-state index is -5.29. The van der Waals surface area contributed by atoms with E-state index in [9.17, 15) is 27.2 Å². The van der Waals surface area contributed by atoms with Crippen LogP contribution in [0.15, 0.2) is 0 Å². The maximum atomic E-state index is 14.5. The van der Waals surface area contributed by atoms with Crippen molar-refractivity contribution in [3.8, 4) is 0 Å². The third kappa shape index (κ3) is 3.34. The van der Waals surface area contributed by atoms with Crippen LogP contribution in [0.5, 0.6) is 0 Å². The highest BCUT2D eigenvalue weighted by Crippen LogP contribution is 2.39. The van der Waals surface area contributed by atoms with Crippen LogP contribution < -0.4 is 5.32 Å². The molecule has 0 aromatic rings. The topological polar surface area (TPSA) is 67.9 Å². The average molecular weight is 356 g/mol. The van der Waals surface area contributed by atoms with Gasteiger partial charge in [-0.2, -0.15) is 13.2 Å². The summed E-state index contributed by atoms with van der Waals surface area (Å²) in [5, 5.41) is 2.81. The number of carbonyl (C=O) groups excluding carboxylic acids is 2. The van der Waals surface area contributed by atoms with Gasteiger partial charge in [0.25, 0.3) is 11.7 Å². The molecule has 24 heavy (non-hydrogen) atoms. The number of esters is 1. The van der Waals surface area contributed by atoms with Crippen molar-refractivity contribution in [2.45, 2.75) is 57.0 Å². The molecule has 1 N–H and O–H groups in total. The number of ether oxygens (including phenoxy) is 2. The zero-order valence-corrected chi connectivity index (χ0v) is 13.6. The normalized spacial score (nSPS) is 34.8. The predicted molar refractivity (Wildman–Crippen MR) is 73.6 cm³/mol. The molecule has 10 heteroatoms. The second kappa shape index (κ2) is 6.14. The number of nitrogens with one attached hydrogen (secondary N) is 1. The van der Waals surface area contributed by atoms with E-state index in [1.54, 1.807) is 13.8 Å². The maximum absolute atomic E-state index is 14.5. The lowest BCUT2D eigenvalue weighted by Crippen LogP contribution is -2.72. The van der Waals surface area contributed by atoms with Crippen LogP contribution in [0.1, 0.15) is 27.2 Å². The second-order valence-electron chi connectivity index (χ2n) is 6.45. The summed E-state index contributed by atoms with van der Waals surface area (Å²) in [6.45, 7) is 4.37. The number of carbonyl (C=O) groups is 2. The fourth-order valence-corrected chi connectivity index (χ4v) is 2.97. The number of rotatable bonds is 2. The molecular weight excluding hydrogens is 336 g/mol. The van der Waals surface area contributed by atoms with E-state index in [0.717, 1.165) is 6.92 Å². The SMILES string of the molecule is CC(C)N1C[C@@]2(CCNC[C@@H]2F)O[C@](C)(OC(=O)C(F)(F)F)C1=O. The van der Waals surface area contributed by atoms with Crippen molar-refractivity contribution in [2.75, 3.05) is 19.6 Å². The van der Waals surface area contributed by atoms with Gasteiger partial charge < -0.3 is 19.7 Å². The van der Waals surface area contributed by atoms with Crippen LogP contribution in [0.25, 0.3) is 0 Å². The van der Waals surface area contributed by atoms with Gasteiger partial charge in [-0.15, -0.1) is 0 Å². The molecule has 0 aromatic heterocycles. The van der Waals surface area contributed by atoms with Crippen LogP contribution in [-0.2, 0) is 19.1 Å². The average Bonchev–Trinajstić information content (AvgIpc) is 2.45. The van der Waals surface area contributed by atoms with Crippen molar-refractivity contribution in [3.63, 3.8) is 0 Å². The summed E-state index contributed by atoms with van der Waals surface area (Å²) in [4.78, 5) is 24.9. The van der Waals surface area contributed by atoms with E-state index in [4.69, 9.17) is 4.74 Å². The van der Waals surface area contributed by atoms with Crippen molar-refractivity contribution in [1.29, 1.82) is 0 Å². The van der Waals surface area contributed by atoms with Crippen molar-refractivity contribution < 1.29 is 36.6 Å². The Balaban J connectivity index is 2.37. The zero-order chi connectivity index (χ0) is 18.3. The van der Waals surface area contributed by atoms with Gasteiger partial charge in [0, 0.05) is 19.5 Å². The quantitative estimate of drug-likeness (QED) is 0.594. The van der Waals surface area contributed by atoms with Crippen LogP contribution in [0.3, 0.4) is 0 Å². The number of morpholine rings is 1. The fraction of sp³-hybridized carbons (Fsp3) is 0.857. The lowest BCUT2D eigenvalue weighted by atomic mass is 9.86. The van der Waals surface area contributed by atoms with Crippen LogP contribution in [0.2, 0.25) is 0 Å². The molecule has 2 rings (SSSR count). The Morgan fingerprint density at radius 3 is 2.58 bits per heavy atom. The Morgan fingerprint density at radius 1 is 1.46 bits per heavy atom. The van der Waals surface area contributed by atoms with Gasteiger partial charge in [0.1, 0.15) is 11.8 Å². The Bertz CT molecular complexity index is 527. The first-order valence-corrected chi connectivity index (χ1v) is 7.57. The molecule has 2 saturated heterocycles. The molecule has 0 aromatic carbocycles. The first-order valence-electron chi connectivity index (χ1n) is 7.57. The summed E-state index contributed by atoms with van der Waals surface area (Å²) in [5.41, 5.74) is -1.52. The monoisotopic (exact) mass is 356 g/mol. The van der Waals surface area contributed by atoms with Crippen LogP contribution in [0.4, 0.5) is 17.6 Å². The zero-order valence-electron chi connectivity index (χ0n) is 13.6. The van der Waals surface area contributed by atoms with E-state index >= 15 is 0 Å². The highest BCUT2D eigenvalue weighted by molar-refractivity contribution is 5.88.